The first kappa shape index (κ1) is 21.2. The maximum absolute atomic E-state index is 14.0. The van der Waals surface area contributed by atoms with Gasteiger partial charge in [0.05, 0.1) is 5.56 Å². The molecule has 2 heterocycles. The predicted molar refractivity (Wildman–Crippen MR) is 120 cm³/mol. The first-order valence-corrected chi connectivity index (χ1v) is 10.7. The smallest absolute Gasteiger partial charge is 0.212 e. The average molecular weight is 444 g/mol. The number of carbonyl (C=O) groups is 1. The van der Waals surface area contributed by atoms with Crippen LogP contribution in [0.3, 0.4) is 0 Å². The van der Waals surface area contributed by atoms with Crippen molar-refractivity contribution < 1.29 is 13.6 Å². The van der Waals surface area contributed by atoms with E-state index in [1.54, 1.807) is 0 Å². The molecule has 3 aromatic rings. The number of rotatable bonds is 5. The third kappa shape index (κ3) is 4.38. The van der Waals surface area contributed by atoms with Crippen molar-refractivity contribution in [2.24, 2.45) is 0 Å². The van der Waals surface area contributed by atoms with Gasteiger partial charge in [-0.3, -0.25) is 4.79 Å². The van der Waals surface area contributed by atoms with E-state index in [4.69, 9.17) is 5.73 Å². The molecule has 4 rings (SSSR count). The van der Waals surface area contributed by atoms with Crippen molar-refractivity contribution in [3.63, 3.8) is 0 Å². The van der Waals surface area contributed by atoms with Crippen LogP contribution in [0.4, 0.5) is 31.1 Å². The molecule has 1 aliphatic rings. The molecule has 1 aromatic heterocycles. The second-order valence-electron chi connectivity index (χ2n) is 7.61. The number of carbonyl (C=O) groups excluding carboxylic acids is 1. The minimum atomic E-state index is -0.930. The van der Waals surface area contributed by atoms with E-state index in [9.17, 15) is 13.6 Å². The highest BCUT2D eigenvalue weighted by Gasteiger charge is 2.24. The zero-order chi connectivity index (χ0) is 22.1. The summed E-state index contributed by atoms with van der Waals surface area (Å²) in [5, 5.41) is 3.48. The maximum atomic E-state index is 14.0. The standard InChI is InChI=1S/C22H23F2N5OS/c1-13-12-29(11-10-28(13)2)15-8-6-14(7-9-15)26-22-27-21(25)20(31-22)19(30)18-16(23)4-3-5-17(18)24/h3-9,13H,10-12,25H2,1-2H3,(H,26,27)/t13-/m0/s1. The monoisotopic (exact) mass is 443 g/mol. The minimum Gasteiger partial charge on any atom is -0.382 e. The Labute approximate surface area is 183 Å². The molecule has 162 valence electrons. The van der Waals surface area contributed by atoms with Crippen LogP contribution < -0.4 is 16.0 Å². The molecule has 1 aliphatic heterocycles. The lowest BCUT2D eigenvalue weighted by molar-refractivity contribution is 0.103. The fourth-order valence-corrected chi connectivity index (χ4v) is 4.39. The highest BCUT2D eigenvalue weighted by atomic mass is 32.1. The van der Waals surface area contributed by atoms with Crippen molar-refractivity contribution in [3.8, 4) is 0 Å². The van der Waals surface area contributed by atoms with Gasteiger partial charge in [0.15, 0.2) is 5.13 Å². The number of likely N-dealkylation sites (N-methyl/N-ethyl adjacent to an activating group) is 1. The number of nitrogens with two attached hydrogens (primary N) is 1. The van der Waals surface area contributed by atoms with Crippen LogP contribution >= 0.6 is 11.3 Å². The van der Waals surface area contributed by atoms with E-state index in [-0.39, 0.29) is 10.7 Å². The Morgan fingerprint density at radius 1 is 1.16 bits per heavy atom. The summed E-state index contributed by atoms with van der Waals surface area (Å²) in [7, 11) is 2.13. The zero-order valence-electron chi connectivity index (χ0n) is 17.2. The number of ketones is 1. The maximum Gasteiger partial charge on any atom is 0.212 e. The molecular formula is C22H23F2N5OS. The second-order valence-corrected chi connectivity index (χ2v) is 8.61. The zero-order valence-corrected chi connectivity index (χ0v) is 18.0. The second kappa shape index (κ2) is 8.60. The summed E-state index contributed by atoms with van der Waals surface area (Å²) < 4.78 is 27.9. The van der Waals surface area contributed by atoms with Gasteiger partial charge in [-0.05, 0) is 50.4 Å². The van der Waals surface area contributed by atoms with Crippen molar-refractivity contribution in [1.82, 2.24) is 9.88 Å². The van der Waals surface area contributed by atoms with Crippen LogP contribution in [0.1, 0.15) is 22.2 Å². The Balaban J connectivity index is 1.49. The molecule has 0 spiro atoms. The lowest BCUT2D eigenvalue weighted by atomic mass is 10.1. The van der Waals surface area contributed by atoms with Crippen molar-refractivity contribution in [3.05, 3.63) is 64.5 Å². The number of nitrogens with zero attached hydrogens (tertiary/aromatic N) is 3. The molecule has 31 heavy (non-hydrogen) atoms. The molecule has 2 aromatic carbocycles. The molecule has 0 bridgehead atoms. The normalized spacial score (nSPS) is 17.0. The molecule has 0 amide bonds. The number of thiazole rings is 1. The number of nitrogen functional groups attached to an aromatic ring is 1. The van der Waals surface area contributed by atoms with Gasteiger partial charge in [0, 0.05) is 37.1 Å². The number of hydrogen-bond acceptors (Lipinski definition) is 7. The number of anilines is 4. The number of benzene rings is 2. The molecule has 1 fully saturated rings. The molecule has 0 radical (unpaired) electrons. The number of aromatic nitrogens is 1. The molecular weight excluding hydrogens is 420 g/mol. The summed E-state index contributed by atoms with van der Waals surface area (Å²) >= 11 is 0.961. The van der Waals surface area contributed by atoms with Gasteiger partial charge in [0.1, 0.15) is 22.3 Å². The molecule has 1 saturated heterocycles. The molecule has 6 nitrogen and oxygen atoms in total. The van der Waals surface area contributed by atoms with Crippen LogP contribution in [0.2, 0.25) is 0 Å². The molecule has 1 atom stereocenters. The fourth-order valence-electron chi connectivity index (χ4n) is 3.54. The summed E-state index contributed by atoms with van der Waals surface area (Å²) in [6.07, 6.45) is 0. The van der Waals surface area contributed by atoms with Crippen molar-refractivity contribution in [2.75, 3.05) is 42.6 Å². The lowest BCUT2D eigenvalue weighted by Crippen LogP contribution is -2.50. The van der Waals surface area contributed by atoms with Gasteiger partial charge < -0.3 is 20.9 Å². The van der Waals surface area contributed by atoms with Gasteiger partial charge in [-0.25, -0.2) is 13.8 Å². The van der Waals surface area contributed by atoms with E-state index in [2.05, 4.69) is 34.1 Å². The van der Waals surface area contributed by atoms with E-state index >= 15 is 0 Å². The van der Waals surface area contributed by atoms with E-state index < -0.39 is 23.0 Å². The molecule has 0 aliphatic carbocycles. The first-order chi connectivity index (χ1) is 14.8. The predicted octanol–water partition coefficient (Wildman–Crippen LogP) is 4.12. The third-order valence-corrected chi connectivity index (χ3v) is 6.48. The summed E-state index contributed by atoms with van der Waals surface area (Å²) in [6.45, 7) is 5.15. The van der Waals surface area contributed by atoms with E-state index in [0.717, 1.165) is 54.5 Å². The van der Waals surface area contributed by atoms with Crippen molar-refractivity contribution in [1.29, 1.82) is 0 Å². The largest absolute Gasteiger partial charge is 0.382 e. The molecule has 9 heteroatoms. The Morgan fingerprint density at radius 2 is 1.84 bits per heavy atom. The summed E-state index contributed by atoms with van der Waals surface area (Å²) in [5.41, 5.74) is 7.14. The van der Waals surface area contributed by atoms with Gasteiger partial charge in [-0.2, -0.15) is 0 Å². The average Bonchev–Trinajstić information content (AvgIpc) is 3.10. The number of halogens is 2. The third-order valence-electron chi connectivity index (χ3n) is 5.49. The van der Waals surface area contributed by atoms with Crippen molar-refractivity contribution in [2.45, 2.75) is 13.0 Å². The summed E-state index contributed by atoms with van der Waals surface area (Å²) in [6, 6.07) is 11.7. The van der Waals surface area contributed by atoms with Crippen LogP contribution in [-0.2, 0) is 0 Å². The Bertz CT molecular complexity index is 1080. The topological polar surface area (TPSA) is 74.5 Å². The van der Waals surface area contributed by atoms with Crippen LogP contribution in [0, 0.1) is 11.6 Å². The van der Waals surface area contributed by atoms with Gasteiger partial charge in [-0.15, -0.1) is 0 Å². The minimum absolute atomic E-state index is 0.00505. The van der Waals surface area contributed by atoms with Crippen LogP contribution in [0.15, 0.2) is 42.5 Å². The highest BCUT2D eigenvalue weighted by molar-refractivity contribution is 7.18. The van der Waals surface area contributed by atoms with E-state index in [1.165, 1.54) is 6.07 Å². The Morgan fingerprint density at radius 3 is 2.48 bits per heavy atom. The number of nitrogens with one attached hydrogen (secondary N) is 1. The lowest BCUT2D eigenvalue weighted by Gasteiger charge is -2.39. The van der Waals surface area contributed by atoms with Crippen LogP contribution in [0.25, 0.3) is 0 Å². The molecule has 3 N–H and O–H groups in total. The molecule has 0 saturated carbocycles. The Hall–Kier alpha value is -3.04. The van der Waals surface area contributed by atoms with E-state index in [0.29, 0.717) is 11.2 Å². The van der Waals surface area contributed by atoms with Crippen LogP contribution in [0.5, 0.6) is 0 Å². The quantitative estimate of drug-likeness (QED) is 0.578. The summed E-state index contributed by atoms with van der Waals surface area (Å²) in [4.78, 5) is 21.4. The highest BCUT2D eigenvalue weighted by Crippen LogP contribution is 2.31. The van der Waals surface area contributed by atoms with Crippen molar-refractivity contribution >= 4 is 39.4 Å². The first-order valence-electron chi connectivity index (χ1n) is 9.90. The molecule has 0 unspecified atom stereocenters. The van der Waals surface area contributed by atoms with Gasteiger partial charge in [-0.1, -0.05) is 17.4 Å². The fraction of sp³-hybridized carbons (Fsp3) is 0.273. The number of hydrogen-bond donors (Lipinski definition) is 2. The number of piperazine rings is 1. The van der Waals surface area contributed by atoms with Gasteiger partial charge in [0.25, 0.3) is 0 Å². The van der Waals surface area contributed by atoms with Gasteiger partial charge in [0.2, 0.25) is 5.78 Å². The SMILES string of the molecule is C[C@H]1CN(c2ccc(Nc3nc(N)c(C(=O)c4c(F)cccc4F)s3)cc2)CCN1C. The Kier molecular flexibility index (Phi) is 5.88. The van der Waals surface area contributed by atoms with E-state index in [1.807, 2.05) is 24.3 Å². The van der Waals surface area contributed by atoms with Gasteiger partial charge >= 0.3 is 0 Å². The van der Waals surface area contributed by atoms with Crippen LogP contribution in [-0.4, -0.2) is 48.4 Å². The summed E-state index contributed by atoms with van der Waals surface area (Å²) in [5.74, 6) is -2.75.